The predicted molar refractivity (Wildman–Crippen MR) is 183 cm³/mol. The molecule has 0 aliphatic heterocycles. The minimum absolute atomic E-state index is 0.0277. The Bertz CT molecular complexity index is 1880. The zero-order chi connectivity index (χ0) is 30.6. The zero-order valence-electron chi connectivity index (χ0n) is 27.8. The van der Waals surface area contributed by atoms with Gasteiger partial charge >= 0.3 is 269 Å². The fourth-order valence-corrected chi connectivity index (χ4v) is 17.8. The first-order valence-electron chi connectivity index (χ1n) is 16.3. The standard InChI is InChI=1S/C25H25.C10H15.C7H6.Zr/c1-14-12-24(3,4)22-8-16-7-17-9-23-19(15(2)13-25(23,5)6)11-21(17)20(16)10-18(14)22;1-7(2)10-6-8(3)5-9(10)4;1-7-5-3-2-4-6-7;/h8-12H,7H2,1-6H3;6-8H,1-4H3;1-6H;. The number of benzene rings is 3. The van der Waals surface area contributed by atoms with Gasteiger partial charge in [-0.25, -0.2) is 0 Å². The van der Waals surface area contributed by atoms with Crippen molar-refractivity contribution in [3.05, 3.63) is 123 Å². The monoisotopic (exact) mass is 640 g/mol. The van der Waals surface area contributed by atoms with Crippen molar-refractivity contribution >= 4 is 14.9 Å². The van der Waals surface area contributed by atoms with E-state index >= 15 is 0 Å². The molecule has 0 heterocycles. The molecule has 0 bridgehead atoms. The van der Waals surface area contributed by atoms with Crippen LogP contribution in [0.3, 0.4) is 0 Å². The van der Waals surface area contributed by atoms with Gasteiger partial charge in [0.05, 0.1) is 0 Å². The number of hydrogen-bond donors (Lipinski definition) is 0. The van der Waals surface area contributed by atoms with Crippen LogP contribution in [0, 0.1) is 11.8 Å². The Morgan fingerprint density at radius 3 is 2.05 bits per heavy atom. The van der Waals surface area contributed by atoms with Gasteiger partial charge in [0.25, 0.3) is 0 Å². The first kappa shape index (κ1) is 29.1. The minimum atomic E-state index is -2.49. The van der Waals surface area contributed by atoms with Crippen LogP contribution in [0.1, 0.15) is 108 Å². The molecule has 3 aromatic carbocycles. The van der Waals surface area contributed by atoms with E-state index in [0.29, 0.717) is 11.8 Å². The third kappa shape index (κ3) is 4.36. The van der Waals surface area contributed by atoms with E-state index in [4.69, 9.17) is 0 Å². The quantitative estimate of drug-likeness (QED) is 0.208. The Morgan fingerprint density at radius 1 is 0.791 bits per heavy atom. The van der Waals surface area contributed by atoms with Crippen LogP contribution in [0.15, 0.2) is 84.5 Å². The van der Waals surface area contributed by atoms with Crippen molar-refractivity contribution in [1.82, 2.24) is 0 Å². The Morgan fingerprint density at radius 2 is 1.42 bits per heavy atom. The van der Waals surface area contributed by atoms with Gasteiger partial charge in [-0.3, -0.25) is 0 Å². The van der Waals surface area contributed by atoms with Crippen molar-refractivity contribution in [3.63, 3.8) is 0 Å². The number of fused-ring (bicyclic) bond motifs is 5. The van der Waals surface area contributed by atoms with Gasteiger partial charge in [0.2, 0.25) is 0 Å². The molecular formula is C42H46Zr. The average molecular weight is 642 g/mol. The van der Waals surface area contributed by atoms with Crippen LogP contribution in [0.5, 0.6) is 0 Å². The van der Waals surface area contributed by atoms with Gasteiger partial charge in [0, 0.05) is 0 Å². The van der Waals surface area contributed by atoms with Crippen LogP contribution in [-0.4, -0.2) is 3.71 Å². The molecule has 1 unspecified atom stereocenters. The molecule has 0 nitrogen and oxygen atoms in total. The molecule has 4 aliphatic rings. The van der Waals surface area contributed by atoms with Crippen LogP contribution < -0.4 is 0 Å². The fraction of sp³-hybridized carbons (Fsp3) is 0.357. The molecule has 43 heavy (non-hydrogen) atoms. The van der Waals surface area contributed by atoms with E-state index in [1.807, 2.05) is 0 Å². The van der Waals surface area contributed by atoms with E-state index in [9.17, 15) is 0 Å². The van der Waals surface area contributed by atoms with Gasteiger partial charge in [0.15, 0.2) is 0 Å². The summed E-state index contributed by atoms with van der Waals surface area (Å²) >= 11 is -2.49. The summed E-state index contributed by atoms with van der Waals surface area (Å²) in [6.45, 7) is 24.1. The molecule has 0 saturated heterocycles. The molecule has 0 saturated carbocycles. The maximum atomic E-state index is 2.75. The van der Waals surface area contributed by atoms with Crippen LogP contribution in [0.25, 0.3) is 22.3 Å². The molecule has 218 valence electrons. The number of hydrogen-bond acceptors (Lipinski definition) is 0. The van der Waals surface area contributed by atoms with E-state index in [2.05, 4.69) is 140 Å². The molecule has 1 heteroatoms. The predicted octanol–water partition coefficient (Wildman–Crippen LogP) is 10.9. The molecule has 0 radical (unpaired) electrons. The van der Waals surface area contributed by atoms with Crippen LogP contribution in [-0.2, 0) is 38.5 Å². The van der Waals surface area contributed by atoms with Crippen molar-refractivity contribution in [1.29, 1.82) is 0 Å². The van der Waals surface area contributed by atoms with Gasteiger partial charge in [-0.05, 0) is 0 Å². The summed E-state index contributed by atoms with van der Waals surface area (Å²) in [4.78, 5) is 0. The van der Waals surface area contributed by atoms with Crippen LogP contribution in [0.2, 0.25) is 0 Å². The van der Waals surface area contributed by atoms with E-state index in [-0.39, 0.29) is 10.8 Å². The molecule has 0 aromatic heterocycles. The summed E-state index contributed by atoms with van der Waals surface area (Å²) < 4.78 is 6.31. The third-order valence-electron chi connectivity index (χ3n) is 10.9. The van der Waals surface area contributed by atoms with Crippen LogP contribution >= 0.6 is 0 Å². The Balaban J connectivity index is 1.42. The average Bonchev–Trinajstić information content (AvgIpc) is 3.58. The van der Waals surface area contributed by atoms with Crippen molar-refractivity contribution < 1.29 is 21.3 Å². The summed E-state index contributed by atoms with van der Waals surface area (Å²) in [5.74, 6) is 1.09. The van der Waals surface area contributed by atoms with Crippen molar-refractivity contribution in [2.24, 2.45) is 11.8 Å². The van der Waals surface area contributed by atoms with Crippen molar-refractivity contribution in [3.8, 4) is 11.1 Å². The second-order valence-electron chi connectivity index (χ2n) is 15.0. The summed E-state index contributed by atoms with van der Waals surface area (Å²) in [7, 11) is 0. The van der Waals surface area contributed by atoms with Gasteiger partial charge in [-0.1, -0.05) is 0 Å². The molecule has 1 atom stereocenters. The molecule has 7 rings (SSSR count). The van der Waals surface area contributed by atoms with E-state index < -0.39 is 21.3 Å². The van der Waals surface area contributed by atoms with E-state index in [0.717, 1.165) is 6.42 Å². The van der Waals surface area contributed by atoms with Crippen molar-refractivity contribution in [2.45, 2.75) is 86.5 Å². The second-order valence-corrected chi connectivity index (χ2v) is 20.3. The Hall–Kier alpha value is -2.63. The molecule has 0 fully saturated rings. The third-order valence-corrected chi connectivity index (χ3v) is 19.7. The molecule has 0 spiro atoms. The first-order valence-corrected chi connectivity index (χ1v) is 20.1. The number of allylic oxidation sites excluding steroid dienone is 8. The summed E-state index contributed by atoms with van der Waals surface area (Å²) in [6.07, 6.45) is 6.09. The second kappa shape index (κ2) is 9.94. The molecule has 0 N–H and O–H groups in total. The summed E-state index contributed by atoms with van der Waals surface area (Å²) in [6, 6.07) is 21.4. The maximum absolute atomic E-state index is 2.75. The topological polar surface area (TPSA) is 0 Å². The van der Waals surface area contributed by atoms with E-state index in [1.165, 1.54) is 50.1 Å². The summed E-state index contributed by atoms with van der Waals surface area (Å²) in [5.41, 5.74) is 19.6. The Kier molecular flexibility index (Phi) is 6.73. The van der Waals surface area contributed by atoms with Gasteiger partial charge < -0.3 is 0 Å². The van der Waals surface area contributed by atoms with Gasteiger partial charge in [-0.15, -0.1) is 0 Å². The van der Waals surface area contributed by atoms with Crippen molar-refractivity contribution in [2.75, 3.05) is 0 Å². The fourth-order valence-electron chi connectivity index (χ4n) is 9.00. The Labute approximate surface area is 267 Å². The SMILES string of the molecule is CC1=CC(C)(C)c2cc3c(cc21)-c1cc2c(cc1C3)C(C)(C)[C]([Zr](=[CH]c1ccccc1)[C]1=C(C)C(C(C)C)=CC1C)=C2C. The van der Waals surface area contributed by atoms with Gasteiger partial charge in [0.1, 0.15) is 0 Å². The molecule has 4 aliphatic carbocycles. The molecule has 0 amide bonds. The zero-order valence-corrected chi connectivity index (χ0v) is 30.2. The molecular weight excluding hydrogens is 596 g/mol. The van der Waals surface area contributed by atoms with Gasteiger partial charge in [-0.2, -0.15) is 0 Å². The van der Waals surface area contributed by atoms with Crippen LogP contribution in [0.4, 0.5) is 0 Å². The molecule has 3 aromatic rings. The first-order chi connectivity index (χ1) is 20.3. The normalized spacial score (nSPS) is 21.3. The van der Waals surface area contributed by atoms with E-state index in [1.54, 1.807) is 28.8 Å². The summed E-state index contributed by atoms with van der Waals surface area (Å²) in [5, 5.41) is 0. The number of rotatable bonds is 4.